The Balaban J connectivity index is 1.30. The van der Waals surface area contributed by atoms with Gasteiger partial charge in [-0.2, -0.15) is 18.2 Å². The van der Waals surface area contributed by atoms with Gasteiger partial charge in [-0.1, -0.05) is 77.3 Å². The topological polar surface area (TPSA) is 120 Å². The van der Waals surface area contributed by atoms with Crippen molar-refractivity contribution in [3.05, 3.63) is 130 Å². The molecule has 0 radical (unpaired) electrons. The number of allylic oxidation sites excluding steroid dienone is 2. The molecular weight excluding hydrogens is 720 g/mol. The zero-order chi connectivity index (χ0) is 36.7. The van der Waals surface area contributed by atoms with Crippen LogP contribution in [0.2, 0.25) is 10.0 Å². The Morgan fingerprint density at radius 1 is 0.865 bits per heavy atom. The number of alkyl halides is 3. The maximum absolute atomic E-state index is 15.2. The smallest absolute Gasteiger partial charge is 0.417 e. The SMILES string of the molecule is O=C1C2CC3C(=CCC4C(=O)N(c5ccccc5)C(=O)C43)C(c3cccc(O)c3)C2(c2ccc(Cl)cc2)C(=O)N1Nc1ncc(C(F)(F)F)cc1Cl. The van der Waals surface area contributed by atoms with Crippen molar-refractivity contribution in [3.63, 3.8) is 0 Å². The monoisotopic (exact) mass is 746 g/mol. The van der Waals surface area contributed by atoms with Crippen LogP contribution >= 0.6 is 23.2 Å². The molecule has 6 unspecified atom stereocenters. The predicted octanol–water partition coefficient (Wildman–Crippen LogP) is 7.30. The van der Waals surface area contributed by atoms with E-state index in [1.165, 1.54) is 17.0 Å². The van der Waals surface area contributed by atoms with Crippen molar-refractivity contribution in [2.24, 2.45) is 23.7 Å². The summed E-state index contributed by atoms with van der Waals surface area (Å²) >= 11 is 12.5. The van der Waals surface area contributed by atoms with Gasteiger partial charge in [0.15, 0.2) is 5.82 Å². The summed E-state index contributed by atoms with van der Waals surface area (Å²) in [5, 5.41) is 11.3. The molecule has 0 spiro atoms. The molecule has 4 amide bonds. The third-order valence-electron chi connectivity index (χ3n) is 10.8. The number of anilines is 2. The van der Waals surface area contributed by atoms with E-state index in [0.29, 0.717) is 39.7 Å². The lowest BCUT2D eigenvalue weighted by Crippen LogP contribution is -2.53. The molecular formula is C38H27Cl2F3N4O5. The normalized spacial score (nSPS) is 26.9. The Labute approximate surface area is 304 Å². The number of hydrazine groups is 1. The highest BCUT2D eigenvalue weighted by atomic mass is 35.5. The molecule has 2 saturated heterocycles. The first-order chi connectivity index (χ1) is 24.8. The van der Waals surface area contributed by atoms with E-state index in [1.54, 1.807) is 66.7 Å². The summed E-state index contributed by atoms with van der Waals surface area (Å²) in [4.78, 5) is 63.0. The van der Waals surface area contributed by atoms with E-state index in [4.69, 9.17) is 23.2 Å². The fourth-order valence-corrected chi connectivity index (χ4v) is 9.03. The summed E-state index contributed by atoms with van der Waals surface area (Å²) in [7, 11) is 0. The number of amides is 4. The molecule has 2 aliphatic carbocycles. The first kappa shape index (κ1) is 33.9. The minimum atomic E-state index is -4.74. The summed E-state index contributed by atoms with van der Waals surface area (Å²) in [5.74, 6) is -7.09. The molecule has 3 fully saturated rings. The van der Waals surface area contributed by atoms with Crippen molar-refractivity contribution in [2.45, 2.75) is 30.4 Å². The summed E-state index contributed by atoms with van der Waals surface area (Å²) in [6.45, 7) is 0. The Hall–Kier alpha value is -5.20. The number of hydrogen-bond donors (Lipinski definition) is 2. The van der Waals surface area contributed by atoms with E-state index in [2.05, 4.69) is 10.4 Å². The van der Waals surface area contributed by atoms with Crippen LogP contribution in [-0.4, -0.2) is 38.7 Å². The Morgan fingerprint density at radius 2 is 1.60 bits per heavy atom. The van der Waals surface area contributed by atoms with Gasteiger partial charge in [0, 0.05) is 17.1 Å². The van der Waals surface area contributed by atoms with Crippen LogP contribution in [0.5, 0.6) is 5.75 Å². The van der Waals surface area contributed by atoms with Crippen molar-refractivity contribution < 1.29 is 37.5 Å². The molecule has 9 nitrogen and oxygen atoms in total. The highest BCUT2D eigenvalue weighted by Gasteiger charge is 2.70. The van der Waals surface area contributed by atoms with E-state index in [-0.39, 0.29) is 30.3 Å². The van der Waals surface area contributed by atoms with Crippen LogP contribution in [0.3, 0.4) is 0 Å². The van der Waals surface area contributed by atoms with E-state index < -0.39 is 69.5 Å². The van der Waals surface area contributed by atoms with Crippen LogP contribution in [0, 0.1) is 23.7 Å². The average Bonchev–Trinajstić information content (AvgIpc) is 3.50. The first-order valence-electron chi connectivity index (χ1n) is 16.4. The van der Waals surface area contributed by atoms with Crippen LogP contribution < -0.4 is 10.3 Å². The zero-order valence-electron chi connectivity index (χ0n) is 26.9. The highest BCUT2D eigenvalue weighted by molar-refractivity contribution is 6.33. The third-order valence-corrected chi connectivity index (χ3v) is 11.3. The van der Waals surface area contributed by atoms with E-state index in [9.17, 15) is 32.7 Å². The second-order valence-electron chi connectivity index (χ2n) is 13.4. The number of phenolic OH excluding ortho intramolecular Hbond substituents is 1. The van der Waals surface area contributed by atoms with Crippen molar-refractivity contribution >= 4 is 58.3 Å². The molecule has 14 heteroatoms. The number of carbonyl (C=O) groups is 4. The molecule has 1 aromatic heterocycles. The van der Waals surface area contributed by atoms with Gasteiger partial charge in [-0.3, -0.25) is 29.5 Å². The molecule has 6 atom stereocenters. The lowest BCUT2D eigenvalue weighted by molar-refractivity contribution is -0.139. The Morgan fingerprint density at radius 3 is 2.27 bits per heavy atom. The molecule has 4 aliphatic rings. The van der Waals surface area contributed by atoms with Gasteiger partial charge >= 0.3 is 6.18 Å². The number of fused-ring (bicyclic) bond motifs is 4. The van der Waals surface area contributed by atoms with Crippen LogP contribution in [0.1, 0.15) is 35.4 Å². The second-order valence-corrected chi connectivity index (χ2v) is 14.2. The maximum Gasteiger partial charge on any atom is 0.417 e. The van der Waals surface area contributed by atoms with Gasteiger partial charge in [0.1, 0.15) is 5.75 Å². The van der Waals surface area contributed by atoms with Crippen LogP contribution in [0.4, 0.5) is 24.7 Å². The van der Waals surface area contributed by atoms with E-state index in [1.807, 2.05) is 6.08 Å². The summed E-state index contributed by atoms with van der Waals surface area (Å²) < 4.78 is 40.3. The van der Waals surface area contributed by atoms with Crippen molar-refractivity contribution in [3.8, 4) is 5.75 Å². The van der Waals surface area contributed by atoms with E-state index >= 15 is 4.79 Å². The highest BCUT2D eigenvalue weighted by Crippen LogP contribution is 2.64. The van der Waals surface area contributed by atoms with Gasteiger partial charge in [-0.15, -0.1) is 0 Å². The second kappa shape index (κ2) is 12.2. The number of halogens is 5. The van der Waals surface area contributed by atoms with Gasteiger partial charge in [0.25, 0.3) is 11.8 Å². The number of nitrogens with one attached hydrogen (secondary N) is 1. The predicted molar refractivity (Wildman–Crippen MR) is 184 cm³/mol. The number of aromatic hydroxyl groups is 1. The molecule has 0 bridgehead atoms. The Bertz CT molecular complexity index is 2200. The summed E-state index contributed by atoms with van der Waals surface area (Å²) in [6.07, 6.45) is -2.17. The third kappa shape index (κ3) is 5.02. The lowest BCUT2D eigenvalue weighted by atomic mass is 9.49. The van der Waals surface area contributed by atoms with Crippen LogP contribution in [0.15, 0.2) is 103 Å². The number of pyridine rings is 1. The van der Waals surface area contributed by atoms with Crippen LogP contribution in [0.25, 0.3) is 0 Å². The summed E-state index contributed by atoms with van der Waals surface area (Å²) in [5.41, 5.74) is 1.73. The van der Waals surface area contributed by atoms with Crippen LogP contribution in [-0.2, 0) is 30.8 Å². The van der Waals surface area contributed by atoms with Crippen molar-refractivity contribution in [1.82, 2.24) is 9.99 Å². The van der Waals surface area contributed by atoms with E-state index in [0.717, 1.165) is 5.01 Å². The largest absolute Gasteiger partial charge is 0.508 e. The number of carbonyl (C=O) groups excluding carboxylic acids is 4. The fourth-order valence-electron chi connectivity index (χ4n) is 8.69. The number of aromatic nitrogens is 1. The standard InChI is InChI=1S/C38H27Cl2F3N4O5/c39-22-11-9-20(10-12-22)37-28(34(50)47(36(37)52)45-32-29(40)16-21(18-44-32)38(41,42)43)17-27-25(31(37)19-5-4-8-24(48)15-19)13-14-26-30(27)35(51)46(33(26)49)23-6-2-1-3-7-23/h1-13,15-16,18,26-28,30-31,48H,14,17H2,(H,44,45). The molecule has 2 aliphatic heterocycles. The minimum Gasteiger partial charge on any atom is -0.508 e. The number of rotatable bonds is 5. The quantitative estimate of drug-likeness (QED) is 0.163. The van der Waals surface area contributed by atoms with Gasteiger partial charge in [-0.05, 0) is 72.4 Å². The number of phenols is 1. The molecule has 3 heterocycles. The number of benzene rings is 3. The number of para-hydroxylation sites is 1. The number of nitrogens with zero attached hydrogens (tertiary/aromatic N) is 3. The first-order valence-corrected chi connectivity index (χ1v) is 17.1. The maximum atomic E-state index is 15.2. The van der Waals surface area contributed by atoms with Crippen molar-refractivity contribution in [2.75, 3.05) is 10.3 Å². The molecule has 4 aromatic rings. The lowest BCUT2D eigenvalue weighted by Gasteiger charge is -2.50. The number of imide groups is 2. The van der Waals surface area contributed by atoms with Gasteiger partial charge in [0.05, 0.1) is 39.4 Å². The zero-order valence-corrected chi connectivity index (χ0v) is 28.4. The Kier molecular flexibility index (Phi) is 7.96. The molecule has 8 rings (SSSR count). The summed E-state index contributed by atoms with van der Waals surface area (Å²) in [6, 6.07) is 21.9. The molecule has 1 saturated carbocycles. The molecule has 264 valence electrons. The molecule has 52 heavy (non-hydrogen) atoms. The molecule has 2 N–H and O–H groups in total. The number of hydrogen-bond acceptors (Lipinski definition) is 7. The van der Waals surface area contributed by atoms with Gasteiger partial charge < -0.3 is 5.11 Å². The molecule has 3 aromatic carbocycles. The fraction of sp³-hybridized carbons (Fsp3) is 0.237. The average molecular weight is 748 g/mol. The minimum absolute atomic E-state index is 0.0243. The van der Waals surface area contributed by atoms with Crippen molar-refractivity contribution in [1.29, 1.82) is 0 Å². The van der Waals surface area contributed by atoms with Gasteiger partial charge in [-0.25, -0.2) is 4.98 Å². The van der Waals surface area contributed by atoms with Gasteiger partial charge in [0.2, 0.25) is 11.8 Å².